The van der Waals surface area contributed by atoms with Crippen LogP contribution in [-0.2, 0) is 14.4 Å². The van der Waals surface area contributed by atoms with Crippen molar-refractivity contribution >= 4 is 39.3 Å². The monoisotopic (exact) mass is 463 g/mol. The summed E-state index contributed by atoms with van der Waals surface area (Å²) < 4.78 is 0.854. The quantitative estimate of drug-likeness (QED) is 0.630. The van der Waals surface area contributed by atoms with Crippen molar-refractivity contribution in [2.75, 3.05) is 31.1 Å². The Balaban J connectivity index is 1.49. The van der Waals surface area contributed by atoms with E-state index in [0.717, 1.165) is 36.0 Å². The Kier molecular flexibility index (Phi) is 7.70. The zero-order valence-corrected chi connectivity index (χ0v) is 18.6. The van der Waals surface area contributed by atoms with E-state index >= 15 is 0 Å². The first-order valence-electron chi connectivity index (χ1n) is 10.6. The summed E-state index contributed by atoms with van der Waals surface area (Å²) in [5.41, 5.74) is 0.811. The summed E-state index contributed by atoms with van der Waals surface area (Å²) in [7, 11) is 0. The van der Waals surface area contributed by atoms with Gasteiger partial charge in [-0.1, -0.05) is 31.9 Å². The first-order chi connectivity index (χ1) is 14.0. The number of hydrogen-bond acceptors (Lipinski definition) is 3. The van der Waals surface area contributed by atoms with E-state index in [1.165, 1.54) is 0 Å². The summed E-state index contributed by atoms with van der Waals surface area (Å²) >= 11 is 3.49. The number of rotatable bonds is 7. The van der Waals surface area contributed by atoms with Gasteiger partial charge < -0.3 is 15.1 Å². The van der Waals surface area contributed by atoms with Gasteiger partial charge in [0.05, 0.1) is 11.6 Å². The van der Waals surface area contributed by atoms with Crippen molar-refractivity contribution in [3.8, 4) is 0 Å². The average molecular weight is 464 g/mol. The van der Waals surface area contributed by atoms with E-state index in [-0.39, 0.29) is 36.0 Å². The van der Waals surface area contributed by atoms with E-state index in [4.69, 9.17) is 0 Å². The third-order valence-electron chi connectivity index (χ3n) is 5.87. The second-order valence-electron chi connectivity index (χ2n) is 7.95. The smallest absolute Gasteiger partial charge is 0.228 e. The molecule has 3 amide bonds. The van der Waals surface area contributed by atoms with Gasteiger partial charge in [0.1, 0.15) is 0 Å². The fourth-order valence-corrected chi connectivity index (χ4v) is 4.63. The number of hydrogen-bond donors (Lipinski definition) is 1. The Labute approximate surface area is 181 Å². The molecule has 1 unspecified atom stereocenters. The Morgan fingerprint density at radius 1 is 1.14 bits per heavy atom. The molecule has 2 heterocycles. The first kappa shape index (κ1) is 21.8. The van der Waals surface area contributed by atoms with Crippen molar-refractivity contribution in [3.05, 3.63) is 28.7 Å². The highest BCUT2D eigenvalue weighted by atomic mass is 79.9. The fourth-order valence-electron chi connectivity index (χ4n) is 4.13. The van der Waals surface area contributed by atoms with Gasteiger partial charge in [0.15, 0.2) is 0 Å². The van der Waals surface area contributed by atoms with Crippen LogP contribution in [-0.4, -0.2) is 48.8 Å². The molecular formula is C22H30BrN3O3. The van der Waals surface area contributed by atoms with E-state index < -0.39 is 0 Å². The summed E-state index contributed by atoms with van der Waals surface area (Å²) in [4.78, 5) is 41.3. The Morgan fingerprint density at radius 3 is 2.55 bits per heavy atom. The van der Waals surface area contributed by atoms with Crippen molar-refractivity contribution in [3.63, 3.8) is 0 Å². The third kappa shape index (κ3) is 5.38. The molecule has 2 aliphatic rings. The highest BCUT2D eigenvalue weighted by Crippen LogP contribution is 2.32. The van der Waals surface area contributed by atoms with Crippen LogP contribution in [0.4, 0.5) is 5.69 Å². The molecule has 0 bridgehead atoms. The number of halogens is 1. The van der Waals surface area contributed by atoms with Gasteiger partial charge in [0.2, 0.25) is 17.7 Å². The third-order valence-corrected chi connectivity index (χ3v) is 6.55. The minimum absolute atomic E-state index is 0.0114. The molecule has 29 heavy (non-hydrogen) atoms. The van der Waals surface area contributed by atoms with E-state index in [2.05, 4.69) is 28.2 Å². The van der Waals surface area contributed by atoms with Gasteiger partial charge in [-0.05, 0) is 47.3 Å². The van der Waals surface area contributed by atoms with Crippen molar-refractivity contribution in [2.24, 2.45) is 11.8 Å². The molecule has 6 nitrogen and oxygen atoms in total. The lowest BCUT2D eigenvalue weighted by Gasteiger charge is -2.33. The number of para-hydroxylation sites is 1. The molecular weight excluding hydrogens is 434 g/mol. The van der Waals surface area contributed by atoms with Crippen molar-refractivity contribution in [1.29, 1.82) is 0 Å². The lowest BCUT2D eigenvalue weighted by atomic mass is 9.94. The number of benzene rings is 1. The predicted molar refractivity (Wildman–Crippen MR) is 116 cm³/mol. The highest BCUT2D eigenvalue weighted by molar-refractivity contribution is 9.10. The van der Waals surface area contributed by atoms with Crippen molar-refractivity contribution in [2.45, 2.75) is 45.4 Å². The molecule has 1 aromatic rings. The molecule has 0 radical (unpaired) electrons. The van der Waals surface area contributed by atoms with Crippen LogP contribution in [0.3, 0.4) is 0 Å². The molecule has 1 aromatic carbocycles. The number of piperidine rings is 1. The summed E-state index contributed by atoms with van der Waals surface area (Å²) in [6.45, 7) is 4.47. The molecule has 0 aliphatic carbocycles. The molecule has 1 atom stereocenters. The maximum atomic E-state index is 13.0. The van der Waals surface area contributed by atoms with Gasteiger partial charge in [0.25, 0.3) is 0 Å². The minimum Gasteiger partial charge on any atom is -0.356 e. The van der Waals surface area contributed by atoms with Gasteiger partial charge in [0, 0.05) is 43.0 Å². The number of carbonyl (C=O) groups is 3. The van der Waals surface area contributed by atoms with Crippen LogP contribution in [0.15, 0.2) is 28.7 Å². The minimum atomic E-state index is -0.311. The zero-order chi connectivity index (χ0) is 20.8. The topological polar surface area (TPSA) is 69.7 Å². The maximum absolute atomic E-state index is 13.0. The number of unbranched alkanes of at least 4 members (excludes halogenated alkanes) is 2. The molecule has 0 aromatic heterocycles. The zero-order valence-electron chi connectivity index (χ0n) is 17.0. The molecule has 7 heteroatoms. The Bertz CT molecular complexity index is 747. The van der Waals surface area contributed by atoms with Gasteiger partial charge in [-0.3, -0.25) is 14.4 Å². The second-order valence-corrected chi connectivity index (χ2v) is 8.81. The van der Waals surface area contributed by atoms with Crippen LogP contribution in [0.25, 0.3) is 0 Å². The van der Waals surface area contributed by atoms with Gasteiger partial charge in [-0.25, -0.2) is 0 Å². The van der Waals surface area contributed by atoms with Gasteiger partial charge >= 0.3 is 0 Å². The summed E-state index contributed by atoms with van der Waals surface area (Å²) in [6.07, 6.45) is 4.92. The van der Waals surface area contributed by atoms with E-state index in [1.807, 2.05) is 29.2 Å². The number of likely N-dealkylation sites (tertiary alicyclic amines) is 1. The van der Waals surface area contributed by atoms with Gasteiger partial charge in [-0.2, -0.15) is 0 Å². The standard InChI is InChI=1S/C22H30BrN3O3/c1-2-3-6-11-24-21(28)16-9-12-25(13-10-16)22(29)17-14-20(27)26(15-17)19-8-5-4-7-18(19)23/h4-5,7-8,16-17H,2-3,6,9-15H2,1H3,(H,24,28). The number of amides is 3. The SMILES string of the molecule is CCCCCNC(=O)C1CCN(C(=O)C2CC(=O)N(c3ccccc3Br)C2)CC1. The molecule has 2 fully saturated rings. The van der Waals surface area contributed by atoms with Crippen molar-refractivity contribution < 1.29 is 14.4 Å². The van der Waals surface area contributed by atoms with Crippen LogP contribution in [0.2, 0.25) is 0 Å². The van der Waals surface area contributed by atoms with Crippen LogP contribution < -0.4 is 10.2 Å². The number of nitrogens with one attached hydrogen (secondary N) is 1. The van der Waals surface area contributed by atoms with E-state index in [0.29, 0.717) is 32.5 Å². The van der Waals surface area contributed by atoms with Crippen LogP contribution >= 0.6 is 15.9 Å². The first-order valence-corrected chi connectivity index (χ1v) is 11.4. The molecule has 0 saturated carbocycles. The molecule has 0 spiro atoms. The maximum Gasteiger partial charge on any atom is 0.228 e. The summed E-state index contributed by atoms with van der Waals surface area (Å²) in [6, 6.07) is 7.58. The highest BCUT2D eigenvalue weighted by Gasteiger charge is 2.39. The van der Waals surface area contributed by atoms with Crippen LogP contribution in [0.5, 0.6) is 0 Å². The summed E-state index contributed by atoms with van der Waals surface area (Å²) in [5.74, 6) is -0.188. The fraction of sp³-hybridized carbons (Fsp3) is 0.591. The Hall–Kier alpha value is -1.89. The molecule has 2 saturated heterocycles. The van der Waals surface area contributed by atoms with E-state index in [1.54, 1.807) is 4.90 Å². The average Bonchev–Trinajstić information content (AvgIpc) is 3.12. The number of nitrogens with zero attached hydrogens (tertiary/aromatic N) is 2. The molecule has 158 valence electrons. The molecule has 1 N–H and O–H groups in total. The van der Waals surface area contributed by atoms with Crippen LogP contribution in [0, 0.1) is 11.8 Å². The van der Waals surface area contributed by atoms with Crippen LogP contribution in [0.1, 0.15) is 45.4 Å². The van der Waals surface area contributed by atoms with Gasteiger partial charge in [-0.15, -0.1) is 0 Å². The summed E-state index contributed by atoms with van der Waals surface area (Å²) in [5, 5.41) is 3.02. The lowest BCUT2D eigenvalue weighted by Crippen LogP contribution is -2.45. The molecule has 2 aliphatic heterocycles. The number of carbonyl (C=O) groups excluding carboxylic acids is 3. The molecule has 3 rings (SSSR count). The largest absolute Gasteiger partial charge is 0.356 e. The Morgan fingerprint density at radius 2 is 1.86 bits per heavy atom. The van der Waals surface area contributed by atoms with Crippen molar-refractivity contribution in [1.82, 2.24) is 10.2 Å². The number of anilines is 1. The van der Waals surface area contributed by atoms with E-state index in [9.17, 15) is 14.4 Å². The lowest BCUT2D eigenvalue weighted by molar-refractivity contribution is -0.139. The normalized spacial score (nSPS) is 20.2. The second kappa shape index (κ2) is 10.2. The predicted octanol–water partition coefficient (Wildman–Crippen LogP) is 3.35.